The summed E-state index contributed by atoms with van der Waals surface area (Å²) in [6, 6.07) is 10.9. The Hall–Kier alpha value is -3.19. The molecule has 2 aliphatic heterocycles. The monoisotopic (exact) mass is 379 g/mol. The largest absolute Gasteiger partial charge is 0.496 e. The summed E-state index contributed by atoms with van der Waals surface area (Å²) in [6.45, 7) is 2.38. The lowest BCUT2D eigenvalue weighted by Gasteiger charge is -2.29. The highest BCUT2D eigenvalue weighted by Gasteiger charge is 2.42. The summed E-state index contributed by atoms with van der Waals surface area (Å²) >= 11 is 0. The SMILES string of the molecule is COc1ccccc1C1=C(N2CCOCC2)C(=O)N(Cc2ccncc2)C1=O. The highest BCUT2D eigenvalue weighted by molar-refractivity contribution is 6.35. The summed E-state index contributed by atoms with van der Waals surface area (Å²) in [5.74, 6) is -0.0346. The zero-order valence-electron chi connectivity index (χ0n) is 15.6. The van der Waals surface area contributed by atoms with Crippen molar-refractivity contribution >= 4 is 17.4 Å². The van der Waals surface area contributed by atoms with Gasteiger partial charge in [-0.15, -0.1) is 0 Å². The van der Waals surface area contributed by atoms with Crippen LogP contribution >= 0.6 is 0 Å². The van der Waals surface area contributed by atoms with Crippen LogP contribution in [-0.2, 0) is 20.9 Å². The van der Waals surface area contributed by atoms with Crippen molar-refractivity contribution in [3.8, 4) is 5.75 Å². The summed E-state index contributed by atoms with van der Waals surface area (Å²) in [7, 11) is 1.56. The molecular weight excluding hydrogens is 358 g/mol. The molecule has 0 bridgehead atoms. The Kier molecular flexibility index (Phi) is 5.08. The van der Waals surface area contributed by atoms with Crippen molar-refractivity contribution in [1.82, 2.24) is 14.8 Å². The van der Waals surface area contributed by atoms with E-state index >= 15 is 0 Å². The lowest BCUT2D eigenvalue weighted by Crippen LogP contribution is -2.40. The average Bonchev–Trinajstić information content (AvgIpc) is 2.99. The zero-order chi connectivity index (χ0) is 19.5. The Bertz CT molecular complexity index is 920. The molecule has 3 heterocycles. The van der Waals surface area contributed by atoms with E-state index in [9.17, 15) is 9.59 Å². The van der Waals surface area contributed by atoms with Crippen LogP contribution in [0.2, 0.25) is 0 Å². The summed E-state index contributed by atoms with van der Waals surface area (Å²) in [5.41, 5.74) is 2.28. The second-order valence-electron chi connectivity index (χ2n) is 6.58. The number of carbonyl (C=O) groups is 2. The molecule has 1 saturated heterocycles. The van der Waals surface area contributed by atoms with Crippen molar-refractivity contribution in [3.63, 3.8) is 0 Å². The normalized spacial score (nSPS) is 17.5. The third kappa shape index (κ3) is 3.25. The molecule has 0 N–H and O–H groups in total. The Balaban J connectivity index is 1.78. The molecule has 7 heteroatoms. The Morgan fingerprint density at radius 3 is 2.46 bits per heavy atom. The van der Waals surface area contributed by atoms with Gasteiger partial charge in [-0.2, -0.15) is 0 Å². The fourth-order valence-corrected chi connectivity index (χ4v) is 3.55. The van der Waals surface area contributed by atoms with Gasteiger partial charge in [0.1, 0.15) is 11.4 Å². The Morgan fingerprint density at radius 1 is 1.04 bits per heavy atom. The molecule has 28 heavy (non-hydrogen) atoms. The van der Waals surface area contributed by atoms with Crippen molar-refractivity contribution < 1.29 is 19.1 Å². The van der Waals surface area contributed by atoms with Crippen LogP contribution in [0.4, 0.5) is 0 Å². The number of morpholine rings is 1. The van der Waals surface area contributed by atoms with Crippen LogP contribution in [0.15, 0.2) is 54.5 Å². The molecule has 0 atom stereocenters. The first-order valence-electron chi connectivity index (χ1n) is 9.16. The first-order valence-corrected chi connectivity index (χ1v) is 9.16. The maximum atomic E-state index is 13.4. The predicted octanol–water partition coefficient (Wildman–Crippen LogP) is 1.70. The van der Waals surface area contributed by atoms with Crippen LogP contribution in [0.25, 0.3) is 5.57 Å². The highest BCUT2D eigenvalue weighted by atomic mass is 16.5. The van der Waals surface area contributed by atoms with Crippen LogP contribution in [0.5, 0.6) is 5.75 Å². The van der Waals surface area contributed by atoms with Gasteiger partial charge in [0.15, 0.2) is 0 Å². The number of hydrogen-bond acceptors (Lipinski definition) is 6. The number of hydrogen-bond donors (Lipinski definition) is 0. The number of carbonyl (C=O) groups excluding carboxylic acids is 2. The molecule has 0 spiro atoms. The summed E-state index contributed by atoms with van der Waals surface area (Å²) in [6.07, 6.45) is 3.30. The van der Waals surface area contributed by atoms with E-state index in [-0.39, 0.29) is 18.4 Å². The smallest absolute Gasteiger partial charge is 0.278 e. The number of benzene rings is 1. The summed E-state index contributed by atoms with van der Waals surface area (Å²) in [4.78, 5) is 33.9. The first-order chi connectivity index (χ1) is 13.7. The lowest BCUT2D eigenvalue weighted by molar-refractivity contribution is -0.138. The minimum Gasteiger partial charge on any atom is -0.496 e. The van der Waals surface area contributed by atoms with Gasteiger partial charge < -0.3 is 14.4 Å². The number of ether oxygens (including phenoxy) is 2. The summed E-state index contributed by atoms with van der Waals surface area (Å²) < 4.78 is 10.9. The number of amides is 2. The third-order valence-corrected chi connectivity index (χ3v) is 4.94. The molecule has 2 aromatic rings. The molecule has 2 amide bonds. The van der Waals surface area contributed by atoms with Gasteiger partial charge in [0, 0.05) is 31.0 Å². The van der Waals surface area contributed by atoms with Crippen molar-refractivity contribution in [1.29, 1.82) is 0 Å². The van der Waals surface area contributed by atoms with Gasteiger partial charge in [0.25, 0.3) is 11.8 Å². The third-order valence-electron chi connectivity index (χ3n) is 4.94. The molecule has 1 aromatic carbocycles. The average molecular weight is 379 g/mol. The molecule has 144 valence electrons. The molecule has 4 rings (SSSR count). The fourth-order valence-electron chi connectivity index (χ4n) is 3.55. The van der Waals surface area contributed by atoms with Gasteiger partial charge in [0.2, 0.25) is 0 Å². The Labute approximate surface area is 163 Å². The van der Waals surface area contributed by atoms with Crippen LogP contribution in [0.3, 0.4) is 0 Å². The topological polar surface area (TPSA) is 72.0 Å². The van der Waals surface area contributed by atoms with E-state index in [2.05, 4.69) is 4.98 Å². The number of rotatable bonds is 5. The molecular formula is C21H21N3O4. The van der Waals surface area contributed by atoms with Gasteiger partial charge in [-0.05, 0) is 23.8 Å². The number of imide groups is 1. The fraction of sp³-hybridized carbons (Fsp3) is 0.286. The van der Waals surface area contributed by atoms with Crippen LogP contribution in [0.1, 0.15) is 11.1 Å². The molecule has 1 fully saturated rings. The molecule has 1 aromatic heterocycles. The maximum absolute atomic E-state index is 13.4. The lowest BCUT2D eigenvalue weighted by atomic mass is 10.0. The van der Waals surface area contributed by atoms with Crippen molar-refractivity contribution in [2.45, 2.75) is 6.54 Å². The number of para-hydroxylation sites is 1. The van der Waals surface area contributed by atoms with Crippen LogP contribution in [0, 0.1) is 0 Å². The second-order valence-corrected chi connectivity index (χ2v) is 6.58. The van der Waals surface area contributed by atoms with Crippen LogP contribution in [-0.4, -0.2) is 60.0 Å². The van der Waals surface area contributed by atoms with Crippen molar-refractivity contribution in [2.24, 2.45) is 0 Å². The number of aromatic nitrogens is 1. The number of pyridine rings is 1. The molecule has 0 radical (unpaired) electrons. The van der Waals surface area contributed by atoms with Crippen molar-refractivity contribution in [2.75, 3.05) is 33.4 Å². The van der Waals surface area contributed by atoms with E-state index in [0.29, 0.717) is 48.9 Å². The standard InChI is InChI=1S/C21H21N3O4/c1-27-17-5-3-2-4-16(17)18-19(23-10-12-28-13-11-23)21(26)24(20(18)25)14-15-6-8-22-9-7-15/h2-9H,10-14H2,1H3. The quantitative estimate of drug-likeness (QED) is 0.737. The first kappa shape index (κ1) is 18.2. The minimum absolute atomic E-state index is 0.201. The van der Waals surface area contributed by atoms with Gasteiger partial charge >= 0.3 is 0 Å². The van der Waals surface area contributed by atoms with E-state index in [1.807, 2.05) is 23.1 Å². The summed E-state index contributed by atoms with van der Waals surface area (Å²) in [5, 5.41) is 0. The van der Waals surface area contributed by atoms with E-state index in [0.717, 1.165) is 5.56 Å². The van der Waals surface area contributed by atoms with E-state index in [4.69, 9.17) is 9.47 Å². The van der Waals surface area contributed by atoms with Gasteiger partial charge in [-0.25, -0.2) is 0 Å². The molecule has 7 nitrogen and oxygen atoms in total. The predicted molar refractivity (Wildman–Crippen MR) is 102 cm³/mol. The molecule has 0 unspecified atom stereocenters. The van der Waals surface area contributed by atoms with Gasteiger partial charge in [-0.3, -0.25) is 19.5 Å². The zero-order valence-corrected chi connectivity index (χ0v) is 15.6. The minimum atomic E-state index is -0.312. The molecule has 0 aliphatic carbocycles. The van der Waals surface area contributed by atoms with Gasteiger partial charge in [0.05, 0.1) is 32.4 Å². The van der Waals surface area contributed by atoms with E-state index in [1.54, 1.807) is 37.7 Å². The number of nitrogens with zero attached hydrogens (tertiary/aromatic N) is 3. The maximum Gasteiger partial charge on any atom is 0.278 e. The van der Waals surface area contributed by atoms with E-state index < -0.39 is 0 Å². The Morgan fingerprint density at radius 2 is 1.75 bits per heavy atom. The molecule has 0 saturated carbocycles. The molecule has 2 aliphatic rings. The van der Waals surface area contributed by atoms with Crippen LogP contribution < -0.4 is 4.74 Å². The highest BCUT2D eigenvalue weighted by Crippen LogP contribution is 2.36. The van der Waals surface area contributed by atoms with Crippen molar-refractivity contribution in [3.05, 3.63) is 65.6 Å². The van der Waals surface area contributed by atoms with E-state index in [1.165, 1.54) is 4.90 Å². The number of methoxy groups -OCH3 is 1. The second kappa shape index (κ2) is 7.82. The van der Waals surface area contributed by atoms with Gasteiger partial charge in [-0.1, -0.05) is 18.2 Å².